The summed E-state index contributed by atoms with van der Waals surface area (Å²) in [7, 11) is -2.73. The first-order valence-electron chi connectivity index (χ1n) is 17.4. The third-order valence-corrected chi connectivity index (χ3v) is 13.4. The summed E-state index contributed by atoms with van der Waals surface area (Å²) in [5, 5.41) is 2.44. The molecule has 2 unspecified atom stereocenters. The summed E-state index contributed by atoms with van der Waals surface area (Å²) in [5.74, 6) is 13.5. The van der Waals surface area contributed by atoms with Gasteiger partial charge in [0.25, 0.3) is 8.32 Å². The topological polar surface area (TPSA) is 27.7 Å². The Hall–Kier alpha value is -2.34. The average molecular weight is 615 g/mol. The minimum absolute atomic E-state index is 0.105. The molecule has 0 amide bonds. The van der Waals surface area contributed by atoms with Crippen LogP contribution in [0.3, 0.4) is 0 Å². The first-order valence-corrected chi connectivity index (χ1v) is 19.4. The van der Waals surface area contributed by atoms with Crippen molar-refractivity contribution in [1.82, 2.24) is 0 Å². The van der Waals surface area contributed by atoms with Crippen molar-refractivity contribution in [3.8, 4) is 23.7 Å². The van der Waals surface area contributed by atoms with Crippen molar-refractivity contribution in [2.24, 2.45) is 0 Å². The van der Waals surface area contributed by atoms with E-state index in [1.54, 1.807) is 0 Å². The lowest BCUT2D eigenvalue weighted by Crippen LogP contribution is -2.68. The molecule has 0 aromatic heterocycles. The zero-order valence-corrected chi connectivity index (χ0v) is 29.2. The van der Waals surface area contributed by atoms with Gasteiger partial charge in [-0.1, -0.05) is 114 Å². The summed E-state index contributed by atoms with van der Waals surface area (Å²) in [5.41, 5.74) is 0. The van der Waals surface area contributed by atoms with Crippen molar-refractivity contribution in [2.75, 3.05) is 6.61 Å². The van der Waals surface area contributed by atoms with Crippen LogP contribution in [0.15, 0.2) is 60.7 Å². The van der Waals surface area contributed by atoms with Crippen LogP contribution in [0, 0.1) is 23.7 Å². The fourth-order valence-electron chi connectivity index (χ4n) is 5.96. The van der Waals surface area contributed by atoms with E-state index in [0.717, 1.165) is 64.4 Å². The van der Waals surface area contributed by atoms with Gasteiger partial charge in [-0.05, 0) is 66.8 Å². The lowest BCUT2D eigenvalue weighted by Gasteiger charge is -2.45. The van der Waals surface area contributed by atoms with Crippen molar-refractivity contribution in [2.45, 2.75) is 148 Å². The van der Waals surface area contributed by atoms with Crippen LogP contribution < -0.4 is 10.4 Å². The third kappa shape index (κ3) is 12.2. The normalized spacial score (nSPS) is 16.0. The van der Waals surface area contributed by atoms with Crippen molar-refractivity contribution >= 4 is 18.7 Å². The molecule has 0 bridgehead atoms. The second-order valence-electron chi connectivity index (χ2n) is 13.1. The van der Waals surface area contributed by atoms with Crippen LogP contribution in [0.4, 0.5) is 0 Å². The summed E-state index contributed by atoms with van der Waals surface area (Å²) in [4.78, 5) is 0. The monoisotopic (exact) mass is 614 g/mol. The highest BCUT2D eigenvalue weighted by atomic mass is 28.4. The van der Waals surface area contributed by atoms with E-state index in [0.29, 0.717) is 0 Å². The van der Waals surface area contributed by atoms with Crippen LogP contribution in [0.5, 0.6) is 0 Å². The smallest absolute Gasteiger partial charge is 0.264 e. The highest BCUT2D eigenvalue weighted by molar-refractivity contribution is 6.99. The van der Waals surface area contributed by atoms with Gasteiger partial charge in [0.2, 0.25) is 0 Å². The molecular weight excluding hydrogens is 557 g/mol. The number of hydrogen-bond donors (Lipinski definition) is 0. The maximum Gasteiger partial charge on any atom is 0.264 e. The van der Waals surface area contributed by atoms with E-state index in [2.05, 4.69) is 112 Å². The van der Waals surface area contributed by atoms with Crippen LogP contribution >= 0.6 is 0 Å². The number of hydrogen-bond acceptors (Lipinski definition) is 3. The van der Waals surface area contributed by atoms with Crippen molar-refractivity contribution in [3.05, 3.63) is 60.7 Å². The van der Waals surface area contributed by atoms with Gasteiger partial charge in [0, 0.05) is 32.3 Å². The van der Waals surface area contributed by atoms with Gasteiger partial charge in [-0.2, -0.15) is 0 Å². The molecular formula is C40H58O3Si. The number of rotatable bonds is 17. The Kier molecular flexibility index (Phi) is 16.9. The van der Waals surface area contributed by atoms with Crippen LogP contribution in [-0.2, 0) is 13.9 Å². The molecule has 3 nitrogen and oxygen atoms in total. The molecule has 240 valence electrons. The molecule has 2 aromatic carbocycles. The predicted molar refractivity (Wildman–Crippen MR) is 188 cm³/mol. The Bertz CT molecular complexity index is 1100. The molecule has 0 radical (unpaired) electrons. The highest BCUT2D eigenvalue weighted by Crippen LogP contribution is 2.38. The molecule has 1 aliphatic heterocycles. The quantitative estimate of drug-likeness (QED) is 0.0769. The van der Waals surface area contributed by atoms with Crippen LogP contribution in [0.25, 0.3) is 0 Å². The van der Waals surface area contributed by atoms with E-state index >= 15 is 0 Å². The molecule has 1 heterocycles. The van der Waals surface area contributed by atoms with Crippen molar-refractivity contribution in [1.29, 1.82) is 0 Å². The van der Waals surface area contributed by atoms with Gasteiger partial charge in [-0.3, -0.25) is 0 Å². The molecule has 3 rings (SSSR count). The van der Waals surface area contributed by atoms with Gasteiger partial charge in [0.05, 0.1) is 0 Å². The Morgan fingerprint density at radius 3 is 1.75 bits per heavy atom. The lowest BCUT2D eigenvalue weighted by molar-refractivity contribution is -0.235. The van der Waals surface area contributed by atoms with Gasteiger partial charge < -0.3 is 13.9 Å². The Morgan fingerprint density at radius 1 is 0.727 bits per heavy atom. The van der Waals surface area contributed by atoms with E-state index in [1.165, 1.54) is 55.3 Å². The lowest BCUT2D eigenvalue weighted by atomic mass is 10.1. The van der Waals surface area contributed by atoms with Gasteiger partial charge >= 0.3 is 0 Å². The number of ether oxygens (including phenoxy) is 2. The third-order valence-electron chi connectivity index (χ3n) is 8.42. The molecule has 1 fully saturated rings. The van der Waals surface area contributed by atoms with Gasteiger partial charge in [0.1, 0.15) is 0 Å². The molecule has 1 aliphatic rings. The zero-order valence-electron chi connectivity index (χ0n) is 28.2. The largest absolute Gasteiger partial charge is 0.382 e. The van der Waals surface area contributed by atoms with Crippen molar-refractivity contribution < 1.29 is 13.9 Å². The standard InChI is InChI=1S/C40H58O3Si/c1-5-6-7-8-9-10-11-12-13-14-15-16-17-18-19-26-34-39(42-38-33-27-28-35-41-38)43-44(40(2,3)4,36-29-22-20-23-30-36)37-31-24-21-25-32-37/h20-25,29-32,38-39H,5-7,10-16,19,26-28,33-35H2,1-4H3. The second-order valence-corrected chi connectivity index (χ2v) is 17.4. The van der Waals surface area contributed by atoms with Crippen LogP contribution in [-0.4, -0.2) is 27.5 Å². The molecule has 1 saturated heterocycles. The first-order chi connectivity index (χ1) is 21.5. The SMILES string of the molecule is CCCCC#CCCCCCCCC#CCCCC(OC1CCCCO1)O[Si](c1ccccc1)(c1ccccc1)C(C)(C)C. The second kappa shape index (κ2) is 20.6. The Morgan fingerprint density at radius 2 is 1.25 bits per heavy atom. The fraction of sp³-hybridized carbons (Fsp3) is 0.600. The van der Waals surface area contributed by atoms with Gasteiger partial charge in [-0.25, -0.2) is 0 Å². The van der Waals surface area contributed by atoms with E-state index in [4.69, 9.17) is 13.9 Å². The average Bonchev–Trinajstić information content (AvgIpc) is 3.04. The first kappa shape index (κ1) is 36.1. The summed E-state index contributed by atoms with van der Waals surface area (Å²) in [6.07, 6.45) is 17.1. The maximum atomic E-state index is 7.38. The van der Waals surface area contributed by atoms with E-state index in [-0.39, 0.29) is 17.6 Å². The molecule has 0 saturated carbocycles. The molecule has 0 aliphatic carbocycles. The summed E-state index contributed by atoms with van der Waals surface area (Å²) >= 11 is 0. The zero-order chi connectivity index (χ0) is 31.4. The van der Waals surface area contributed by atoms with E-state index < -0.39 is 8.32 Å². The van der Waals surface area contributed by atoms with E-state index in [1.807, 2.05) is 0 Å². The Balaban J connectivity index is 1.57. The van der Waals surface area contributed by atoms with Crippen molar-refractivity contribution in [3.63, 3.8) is 0 Å². The molecule has 4 heteroatoms. The van der Waals surface area contributed by atoms with Crippen LogP contribution in [0.2, 0.25) is 5.04 Å². The molecule has 2 aromatic rings. The fourth-order valence-corrected chi connectivity index (χ4v) is 10.5. The molecule has 0 spiro atoms. The van der Waals surface area contributed by atoms with E-state index in [9.17, 15) is 0 Å². The molecule has 2 atom stereocenters. The number of unbranched alkanes of at least 4 members (excludes halogenated alkanes) is 9. The summed E-state index contributed by atoms with van der Waals surface area (Å²) in [6.45, 7) is 9.94. The predicted octanol–water partition coefficient (Wildman–Crippen LogP) is 9.53. The molecule has 0 N–H and O–H groups in total. The van der Waals surface area contributed by atoms with Gasteiger partial charge in [-0.15, -0.1) is 23.7 Å². The minimum atomic E-state index is -2.73. The Labute approximate surface area is 271 Å². The minimum Gasteiger partial charge on any atom is -0.382 e. The number of benzene rings is 2. The van der Waals surface area contributed by atoms with Crippen LogP contribution in [0.1, 0.15) is 130 Å². The molecule has 44 heavy (non-hydrogen) atoms. The highest BCUT2D eigenvalue weighted by Gasteiger charge is 2.51. The summed E-state index contributed by atoms with van der Waals surface area (Å²) < 4.78 is 20.1. The summed E-state index contributed by atoms with van der Waals surface area (Å²) in [6, 6.07) is 21.7. The maximum absolute atomic E-state index is 7.38. The van der Waals surface area contributed by atoms with Gasteiger partial charge in [0.15, 0.2) is 12.6 Å².